The van der Waals surface area contributed by atoms with Crippen molar-refractivity contribution in [3.8, 4) is 5.75 Å². The minimum Gasteiger partial charge on any atom is -0.510 e. The van der Waals surface area contributed by atoms with E-state index in [-0.39, 0.29) is 23.3 Å². The lowest BCUT2D eigenvalue weighted by atomic mass is 9.59. The number of Topliss-reactive ketones (excluding diaryl/α,β-unsaturated/α-hetero) is 2. The first-order valence-corrected chi connectivity index (χ1v) is 9.51. The van der Waals surface area contributed by atoms with Gasteiger partial charge in [0.1, 0.15) is 22.8 Å². The number of amides is 1. The Morgan fingerprint density at radius 2 is 1.86 bits per heavy atom. The lowest BCUT2D eigenvalue weighted by Gasteiger charge is -2.49. The quantitative estimate of drug-likeness (QED) is 0.269. The summed E-state index contributed by atoms with van der Waals surface area (Å²) in [7, 11) is 2.54. The third kappa shape index (κ3) is 2.29. The van der Waals surface area contributed by atoms with E-state index in [0.717, 1.165) is 0 Å². The van der Waals surface area contributed by atoms with Crippen LogP contribution in [0.5, 0.6) is 5.75 Å². The number of primary amides is 1. The molecule has 0 radical (unpaired) electrons. The molecule has 1 aromatic carbocycles. The molecule has 3 aliphatic rings. The van der Waals surface area contributed by atoms with Gasteiger partial charge >= 0.3 is 0 Å². The summed E-state index contributed by atoms with van der Waals surface area (Å²) in [5, 5.41) is 42.5. The normalized spacial score (nSPS) is 33.9. The second kappa shape index (κ2) is 6.13. The van der Waals surface area contributed by atoms with Crippen molar-refractivity contribution in [3.05, 3.63) is 52.0 Å². The van der Waals surface area contributed by atoms with E-state index < -0.39 is 63.7 Å². The van der Waals surface area contributed by atoms with Gasteiger partial charge in [0.05, 0.1) is 11.6 Å². The van der Waals surface area contributed by atoms with Crippen molar-refractivity contribution < 1.29 is 34.8 Å². The molecular formula is C19H19N2O7P. The molecule has 9 nitrogen and oxygen atoms in total. The largest absolute Gasteiger partial charge is 0.510 e. The summed E-state index contributed by atoms with van der Waals surface area (Å²) in [6.45, 7) is 0. The molecule has 1 aromatic rings. The average Bonchev–Trinajstić information content (AvgIpc) is 2.66. The van der Waals surface area contributed by atoms with Crippen LogP contribution >= 0.6 is 9.24 Å². The number of benzene rings is 1. The van der Waals surface area contributed by atoms with Crippen molar-refractivity contribution in [1.82, 2.24) is 0 Å². The monoisotopic (exact) mass is 418 g/mol. The van der Waals surface area contributed by atoms with E-state index in [2.05, 4.69) is 9.24 Å². The first-order valence-electron chi connectivity index (χ1n) is 8.84. The van der Waals surface area contributed by atoms with Crippen LogP contribution in [0.4, 0.5) is 0 Å². The van der Waals surface area contributed by atoms with Gasteiger partial charge < -0.3 is 31.9 Å². The van der Waals surface area contributed by atoms with Crippen LogP contribution in [0.15, 0.2) is 40.9 Å². The number of carbonyl (C=O) groups excluding carboxylic acids is 3. The van der Waals surface area contributed by atoms with Crippen molar-refractivity contribution in [2.24, 2.45) is 23.3 Å². The van der Waals surface area contributed by atoms with Crippen LogP contribution in [0, 0.1) is 11.8 Å². The smallest absolute Gasteiger partial charge is 0.255 e. The number of phenols is 1. The number of carbonyl (C=O) groups is 3. The Morgan fingerprint density at radius 3 is 2.48 bits per heavy atom. The first kappa shape index (κ1) is 19.6. The lowest BCUT2D eigenvalue weighted by molar-refractivity contribution is -0.145. The van der Waals surface area contributed by atoms with Crippen LogP contribution < -0.4 is 11.5 Å². The molecule has 6 atom stereocenters. The van der Waals surface area contributed by atoms with E-state index in [0.29, 0.717) is 5.56 Å². The van der Waals surface area contributed by atoms with Gasteiger partial charge in [0, 0.05) is 23.1 Å². The summed E-state index contributed by atoms with van der Waals surface area (Å²) in [4.78, 5) is 37.7. The molecule has 0 aliphatic heterocycles. The zero-order valence-corrected chi connectivity index (χ0v) is 16.1. The van der Waals surface area contributed by atoms with Crippen molar-refractivity contribution in [2.45, 2.75) is 23.7 Å². The molecule has 0 spiro atoms. The highest BCUT2D eigenvalue weighted by molar-refractivity contribution is 7.17. The predicted molar refractivity (Wildman–Crippen MR) is 103 cm³/mol. The van der Waals surface area contributed by atoms with Crippen molar-refractivity contribution in [2.75, 3.05) is 0 Å². The Kier molecular flexibility index (Phi) is 4.13. The fourth-order valence-electron chi connectivity index (χ4n) is 4.74. The SMILES string of the molecule is NC(=O)C1=C(O)[C@@H](N)[C@@H]2C[C@H]3C(=C(O)[C@]2(O)C1=O)C(=O)c1c(O)cccc1[C@@H]3P. The van der Waals surface area contributed by atoms with Crippen LogP contribution in [-0.2, 0) is 9.59 Å². The van der Waals surface area contributed by atoms with Crippen LogP contribution in [0.2, 0.25) is 0 Å². The molecule has 10 heteroatoms. The molecule has 0 saturated heterocycles. The van der Waals surface area contributed by atoms with Crippen molar-refractivity contribution in [1.29, 1.82) is 0 Å². The highest BCUT2D eigenvalue weighted by Crippen LogP contribution is 2.56. The zero-order chi connectivity index (χ0) is 21.4. The van der Waals surface area contributed by atoms with Crippen molar-refractivity contribution in [3.63, 3.8) is 0 Å². The van der Waals surface area contributed by atoms with Gasteiger partial charge in [-0.2, -0.15) is 0 Å². The van der Waals surface area contributed by atoms with Gasteiger partial charge in [0.25, 0.3) is 5.91 Å². The number of nitrogens with two attached hydrogens (primary N) is 2. The molecule has 1 amide bonds. The molecule has 8 N–H and O–H groups in total. The summed E-state index contributed by atoms with van der Waals surface area (Å²) in [5.74, 6) is -7.19. The van der Waals surface area contributed by atoms with Crippen LogP contribution in [0.25, 0.3) is 0 Å². The summed E-state index contributed by atoms with van der Waals surface area (Å²) in [5.41, 5.74) is 7.38. The Morgan fingerprint density at radius 1 is 1.21 bits per heavy atom. The van der Waals surface area contributed by atoms with Gasteiger partial charge in [-0.25, -0.2) is 0 Å². The molecule has 0 fully saturated rings. The van der Waals surface area contributed by atoms with Gasteiger partial charge in [0.15, 0.2) is 11.4 Å². The number of rotatable bonds is 1. The zero-order valence-electron chi connectivity index (χ0n) is 15.0. The first-order chi connectivity index (χ1) is 13.5. The number of aliphatic hydroxyl groups is 3. The number of aromatic hydroxyl groups is 1. The number of aliphatic hydroxyl groups excluding tert-OH is 2. The standard InChI is InChI=1S/C19H19N2O7P/c20-12-7-4-6-10(13(23)9-5(15(6)29)2-1-3-8(9)22)16(25)19(7,28)17(26)11(14(12)24)18(21)27/h1-3,6-7,12,15,22,24-25,28H,4,20,29H2,(H2,21,27)/t6-,7-,12-,15-,19-/m0/s1. The van der Waals surface area contributed by atoms with Crippen LogP contribution in [-0.4, -0.2) is 49.5 Å². The van der Waals surface area contributed by atoms with Gasteiger partial charge in [-0.15, -0.1) is 9.24 Å². The molecule has 3 aliphatic carbocycles. The minimum absolute atomic E-state index is 0.0338. The summed E-state index contributed by atoms with van der Waals surface area (Å²) < 4.78 is 0. The highest BCUT2D eigenvalue weighted by Gasteiger charge is 2.62. The fourth-order valence-corrected chi connectivity index (χ4v) is 5.37. The molecule has 29 heavy (non-hydrogen) atoms. The van der Waals surface area contributed by atoms with E-state index in [9.17, 15) is 34.8 Å². The molecular weight excluding hydrogens is 399 g/mol. The Hall–Kier alpha value is -2.74. The second-order valence-electron chi connectivity index (χ2n) is 7.55. The van der Waals surface area contributed by atoms with Gasteiger partial charge in [-0.1, -0.05) is 12.1 Å². The number of hydrogen-bond acceptors (Lipinski definition) is 8. The summed E-state index contributed by atoms with van der Waals surface area (Å²) >= 11 is 0. The maximum Gasteiger partial charge on any atom is 0.255 e. The molecule has 1 unspecified atom stereocenters. The van der Waals surface area contributed by atoms with E-state index in [1.54, 1.807) is 12.1 Å². The number of hydrogen-bond donors (Lipinski definition) is 6. The highest BCUT2D eigenvalue weighted by atomic mass is 31.0. The third-order valence-corrected chi connectivity index (χ3v) is 7.02. The average molecular weight is 418 g/mol. The second-order valence-corrected chi connectivity index (χ2v) is 8.27. The molecule has 0 bridgehead atoms. The van der Waals surface area contributed by atoms with E-state index in [1.165, 1.54) is 6.07 Å². The number of ketones is 2. The van der Waals surface area contributed by atoms with Crippen LogP contribution in [0.3, 0.4) is 0 Å². The topological polar surface area (TPSA) is 184 Å². The van der Waals surface area contributed by atoms with Gasteiger partial charge in [-0.3, -0.25) is 14.4 Å². The maximum absolute atomic E-state index is 13.1. The third-order valence-electron chi connectivity index (χ3n) is 6.20. The Bertz CT molecular complexity index is 1060. The van der Waals surface area contributed by atoms with E-state index >= 15 is 0 Å². The Balaban J connectivity index is 1.98. The van der Waals surface area contributed by atoms with Gasteiger partial charge in [-0.05, 0) is 18.1 Å². The van der Waals surface area contributed by atoms with E-state index in [4.69, 9.17) is 11.5 Å². The number of phenolic OH excluding ortho intramolecular Hbond substituents is 1. The van der Waals surface area contributed by atoms with E-state index in [1.807, 2.05) is 0 Å². The number of allylic oxidation sites excluding steroid dienone is 1. The van der Waals surface area contributed by atoms with Gasteiger partial charge in [0.2, 0.25) is 5.78 Å². The minimum atomic E-state index is -2.69. The molecule has 152 valence electrons. The summed E-state index contributed by atoms with van der Waals surface area (Å²) in [6, 6.07) is 3.20. The summed E-state index contributed by atoms with van der Waals surface area (Å²) in [6.07, 6.45) is -0.0338. The predicted octanol–water partition coefficient (Wildman–Crippen LogP) is -0.109. The molecule has 4 rings (SSSR count). The number of fused-ring (bicyclic) bond motifs is 3. The van der Waals surface area contributed by atoms with Crippen LogP contribution in [0.1, 0.15) is 28.0 Å². The molecule has 0 heterocycles. The molecule has 0 aromatic heterocycles. The maximum atomic E-state index is 13.1. The van der Waals surface area contributed by atoms with Crippen molar-refractivity contribution >= 4 is 26.7 Å². The lowest BCUT2D eigenvalue weighted by Crippen LogP contribution is -2.63. The Labute approximate surface area is 166 Å². The fraction of sp³-hybridized carbons (Fsp3) is 0.316. The molecule has 0 saturated carbocycles.